The summed E-state index contributed by atoms with van der Waals surface area (Å²) < 4.78 is 1.12. The van der Waals surface area contributed by atoms with Crippen LogP contribution in [0.2, 0.25) is 0 Å². The van der Waals surface area contributed by atoms with Crippen LogP contribution in [-0.2, 0) is 11.2 Å². The molecule has 0 aliphatic heterocycles. The lowest BCUT2D eigenvalue weighted by Crippen LogP contribution is -2.39. The molecule has 4 nitrogen and oxygen atoms in total. The molecule has 0 aliphatic rings. The van der Waals surface area contributed by atoms with E-state index in [0.29, 0.717) is 13.0 Å². The van der Waals surface area contributed by atoms with Gasteiger partial charge in [0.25, 0.3) is 0 Å². The van der Waals surface area contributed by atoms with Gasteiger partial charge in [-0.15, -0.1) is 0 Å². The molecular formula is C23H29N3OS. The van der Waals surface area contributed by atoms with Crippen molar-refractivity contribution in [1.29, 1.82) is 0 Å². The van der Waals surface area contributed by atoms with E-state index in [0.717, 1.165) is 40.5 Å². The molecule has 0 atom stereocenters. The average molecular weight is 396 g/mol. The minimum atomic E-state index is 0.106. The molecule has 28 heavy (non-hydrogen) atoms. The fraction of sp³-hybridized carbons (Fsp3) is 0.391. The Morgan fingerprint density at radius 2 is 1.75 bits per heavy atom. The van der Waals surface area contributed by atoms with Gasteiger partial charge < -0.3 is 4.90 Å². The van der Waals surface area contributed by atoms with Crippen molar-refractivity contribution in [2.24, 2.45) is 0 Å². The van der Waals surface area contributed by atoms with E-state index in [4.69, 9.17) is 4.98 Å². The number of carbonyl (C=O) groups is 1. The van der Waals surface area contributed by atoms with Crippen LogP contribution in [0.3, 0.4) is 0 Å². The van der Waals surface area contributed by atoms with Crippen LogP contribution in [0.25, 0.3) is 10.2 Å². The molecule has 0 spiro atoms. The van der Waals surface area contributed by atoms with Gasteiger partial charge in [-0.3, -0.25) is 9.69 Å². The lowest BCUT2D eigenvalue weighted by atomic mass is 10.0. The number of likely N-dealkylation sites (N-methyl/N-ethyl adjacent to an activating group) is 1. The van der Waals surface area contributed by atoms with Crippen molar-refractivity contribution in [3.63, 3.8) is 0 Å². The summed E-state index contributed by atoms with van der Waals surface area (Å²) in [4.78, 5) is 22.2. The van der Waals surface area contributed by atoms with Crippen molar-refractivity contribution in [2.45, 2.75) is 34.1 Å². The molecule has 1 amide bonds. The summed E-state index contributed by atoms with van der Waals surface area (Å²) in [6, 6.07) is 14.3. The number of nitrogens with zero attached hydrogens (tertiary/aromatic N) is 3. The fourth-order valence-corrected chi connectivity index (χ4v) is 4.28. The molecule has 0 fully saturated rings. The first-order chi connectivity index (χ1) is 13.5. The number of para-hydroxylation sites is 1. The van der Waals surface area contributed by atoms with Crippen LogP contribution in [0.4, 0.5) is 5.13 Å². The Bertz CT molecular complexity index is 913. The number of amides is 1. The van der Waals surface area contributed by atoms with Gasteiger partial charge in [0.2, 0.25) is 5.91 Å². The zero-order valence-electron chi connectivity index (χ0n) is 17.2. The third kappa shape index (κ3) is 4.78. The first-order valence-electron chi connectivity index (χ1n) is 9.96. The van der Waals surface area contributed by atoms with Crippen LogP contribution in [0.5, 0.6) is 0 Å². The molecule has 0 radical (unpaired) electrons. The quantitative estimate of drug-likeness (QED) is 0.548. The van der Waals surface area contributed by atoms with E-state index in [9.17, 15) is 4.79 Å². The Kier molecular flexibility index (Phi) is 6.81. The second kappa shape index (κ2) is 9.30. The largest absolute Gasteiger partial charge is 0.302 e. The van der Waals surface area contributed by atoms with E-state index >= 15 is 0 Å². The standard InChI is InChI=1S/C23H29N3OS/c1-5-25(6-2)13-14-26(23-24-20-9-7-8-10-21(20)28-23)22(27)16-19-12-11-17(3)18(4)15-19/h7-12,15H,5-6,13-14,16H2,1-4H3. The second-order valence-electron chi connectivity index (χ2n) is 7.13. The number of anilines is 1. The summed E-state index contributed by atoms with van der Waals surface area (Å²) in [5.74, 6) is 0.106. The van der Waals surface area contributed by atoms with Crippen LogP contribution >= 0.6 is 11.3 Å². The van der Waals surface area contributed by atoms with Crippen LogP contribution in [0, 0.1) is 13.8 Å². The highest BCUT2D eigenvalue weighted by Gasteiger charge is 2.20. The highest BCUT2D eigenvalue weighted by atomic mass is 32.1. The molecule has 3 aromatic rings. The number of aryl methyl sites for hydroxylation is 2. The smallest absolute Gasteiger partial charge is 0.233 e. The molecule has 0 bridgehead atoms. The third-order valence-corrected chi connectivity index (χ3v) is 6.33. The Labute approximate surface area is 171 Å². The van der Waals surface area contributed by atoms with Gasteiger partial charge >= 0.3 is 0 Å². The van der Waals surface area contributed by atoms with Crippen molar-refractivity contribution in [2.75, 3.05) is 31.1 Å². The maximum Gasteiger partial charge on any atom is 0.233 e. The maximum atomic E-state index is 13.2. The average Bonchev–Trinajstić information content (AvgIpc) is 3.11. The van der Waals surface area contributed by atoms with Crippen LogP contribution < -0.4 is 4.90 Å². The SMILES string of the molecule is CCN(CC)CCN(C(=O)Cc1ccc(C)c(C)c1)c1nc2ccccc2s1. The van der Waals surface area contributed by atoms with Gasteiger partial charge in [0.05, 0.1) is 16.6 Å². The summed E-state index contributed by atoms with van der Waals surface area (Å²) in [5.41, 5.74) is 4.48. The predicted octanol–water partition coefficient (Wildman–Crippen LogP) is 4.83. The minimum Gasteiger partial charge on any atom is -0.302 e. The second-order valence-corrected chi connectivity index (χ2v) is 8.14. The number of hydrogen-bond acceptors (Lipinski definition) is 4. The first-order valence-corrected chi connectivity index (χ1v) is 10.8. The highest BCUT2D eigenvalue weighted by Crippen LogP contribution is 2.29. The minimum absolute atomic E-state index is 0.106. The maximum absolute atomic E-state index is 13.2. The molecule has 3 rings (SSSR count). The van der Waals surface area contributed by atoms with E-state index in [2.05, 4.69) is 56.9 Å². The molecule has 148 valence electrons. The molecule has 5 heteroatoms. The van der Waals surface area contributed by atoms with Gasteiger partial charge in [-0.1, -0.05) is 55.5 Å². The summed E-state index contributed by atoms with van der Waals surface area (Å²) >= 11 is 1.59. The molecule has 0 aliphatic carbocycles. The van der Waals surface area contributed by atoms with Crippen molar-refractivity contribution < 1.29 is 4.79 Å². The Hall–Kier alpha value is -2.24. The fourth-order valence-electron chi connectivity index (χ4n) is 3.27. The summed E-state index contributed by atoms with van der Waals surface area (Å²) in [6.45, 7) is 12.0. The van der Waals surface area contributed by atoms with Crippen LogP contribution in [-0.4, -0.2) is 42.0 Å². The Morgan fingerprint density at radius 3 is 2.43 bits per heavy atom. The van der Waals surface area contributed by atoms with E-state index < -0.39 is 0 Å². The molecule has 0 unspecified atom stereocenters. The molecule has 0 N–H and O–H groups in total. The van der Waals surface area contributed by atoms with Gasteiger partial charge in [-0.2, -0.15) is 0 Å². The molecule has 0 saturated heterocycles. The molecule has 1 aromatic heterocycles. The Balaban J connectivity index is 1.85. The lowest BCUT2D eigenvalue weighted by Gasteiger charge is -2.25. The van der Waals surface area contributed by atoms with Crippen molar-refractivity contribution in [3.05, 3.63) is 59.2 Å². The number of benzene rings is 2. The number of hydrogen-bond donors (Lipinski definition) is 0. The van der Waals surface area contributed by atoms with E-state index in [1.165, 1.54) is 11.1 Å². The van der Waals surface area contributed by atoms with Gasteiger partial charge in [0.15, 0.2) is 5.13 Å². The first kappa shape index (κ1) is 20.5. The topological polar surface area (TPSA) is 36.4 Å². The predicted molar refractivity (Wildman–Crippen MR) is 119 cm³/mol. The van der Waals surface area contributed by atoms with E-state index in [1.54, 1.807) is 11.3 Å². The summed E-state index contributed by atoms with van der Waals surface area (Å²) in [7, 11) is 0. The monoisotopic (exact) mass is 395 g/mol. The van der Waals surface area contributed by atoms with Gasteiger partial charge in [0, 0.05) is 13.1 Å². The molecule has 1 heterocycles. The lowest BCUT2D eigenvalue weighted by molar-refractivity contribution is -0.118. The summed E-state index contributed by atoms with van der Waals surface area (Å²) in [5, 5.41) is 0.794. The number of thiazole rings is 1. The van der Waals surface area contributed by atoms with Crippen molar-refractivity contribution in [3.8, 4) is 0 Å². The number of rotatable bonds is 8. The van der Waals surface area contributed by atoms with E-state index in [1.807, 2.05) is 23.1 Å². The third-order valence-electron chi connectivity index (χ3n) is 5.28. The number of aromatic nitrogens is 1. The van der Waals surface area contributed by atoms with Gasteiger partial charge in [-0.25, -0.2) is 4.98 Å². The Morgan fingerprint density at radius 1 is 1.00 bits per heavy atom. The number of fused-ring (bicyclic) bond motifs is 1. The van der Waals surface area contributed by atoms with Crippen molar-refractivity contribution >= 4 is 32.6 Å². The summed E-state index contributed by atoms with van der Waals surface area (Å²) in [6.07, 6.45) is 0.398. The normalized spacial score (nSPS) is 11.3. The molecule has 0 saturated carbocycles. The van der Waals surface area contributed by atoms with Crippen LogP contribution in [0.15, 0.2) is 42.5 Å². The molecule has 2 aromatic carbocycles. The van der Waals surface area contributed by atoms with Crippen molar-refractivity contribution in [1.82, 2.24) is 9.88 Å². The zero-order valence-corrected chi connectivity index (χ0v) is 18.1. The highest BCUT2D eigenvalue weighted by molar-refractivity contribution is 7.22. The number of carbonyl (C=O) groups excluding carboxylic acids is 1. The van der Waals surface area contributed by atoms with Gasteiger partial charge in [-0.05, 0) is 55.8 Å². The zero-order chi connectivity index (χ0) is 20.1. The van der Waals surface area contributed by atoms with E-state index in [-0.39, 0.29) is 5.91 Å². The van der Waals surface area contributed by atoms with Crippen LogP contribution in [0.1, 0.15) is 30.5 Å². The molecular weight excluding hydrogens is 366 g/mol. The van der Waals surface area contributed by atoms with Gasteiger partial charge in [0.1, 0.15) is 0 Å².